The minimum atomic E-state index is -0.570. The second kappa shape index (κ2) is 6.15. The molecule has 1 atom stereocenters. The lowest BCUT2D eigenvalue weighted by molar-refractivity contribution is -0.130. The van der Waals surface area contributed by atoms with Crippen molar-refractivity contribution in [1.82, 2.24) is 15.4 Å². The van der Waals surface area contributed by atoms with E-state index in [9.17, 15) is 14.0 Å². The van der Waals surface area contributed by atoms with Crippen molar-refractivity contribution in [2.75, 3.05) is 5.75 Å². The van der Waals surface area contributed by atoms with Crippen LogP contribution in [0.1, 0.15) is 21.3 Å². The highest BCUT2D eigenvalue weighted by molar-refractivity contribution is 8.00. The molecule has 2 aromatic rings. The molecule has 1 N–H and O–H groups in total. The molecular formula is C15H12FN3O2S. The van der Waals surface area contributed by atoms with E-state index in [2.05, 4.69) is 10.4 Å². The molecule has 22 heavy (non-hydrogen) atoms. The Bertz CT molecular complexity index is 711. The molecule has 0 radical (unpaired) electrons. The third-order valence-corrected chi connectivity index (χ3v) is 4.40. The van der Waals surface area contributed by atoms with Crippen LogP contribution in [0, 0.1) is 5.82 Å². The van der Waals surface area contributed by atoms with Crippen molar-refractivity contribution < 1.29 is 14.0 Å². The maximum atomic E-state index is 13.9. The Morgan fingerprint density at radius 3 is 2.73 bits per heavy atom. The van der Waals surface area contributed by atoms with Gasteiger partial charge >= 0.3 is 0 Å². The Morgan fingerprint density at radius 1 is 1.27 bits per heavy atom. The number of pyridine rings is 1. The third-order valence-electron chi connectivity index (χ3n) is 3.20. The standard InChI is InChI=1S/C15H12FN3O2S/c16-12-4-2-1-3-11(12)15-19(13(20)9-22-15)18-14(21)10-5-7-17-8-6-10/h1-8,15H,9H2,(H,18,21)/t15-/m1/s1. The van der Waals surface area contributed by atoms with Crippen molar-refractivity contribution in [3.05, 3.63) is 65.7 Å². The monoisotopic (exact) mass is 317 g/mol. The van der Waals surface area contributed by atoms with E-state index in [0.717, 1.165) is 0 Å². The van der Waals surface area contributed by atoms with Crippen LogP contribution in [0.2, 0.25) is 0 Å². The van der Waals surface area contributed by atoms with Crippen molar-refractivity contribution in [2.24, 2.45) is 0 Å². The molecule has 5 nitrogen and oxygen atoms in total. The molecule has 7 heteroatoms. The van der Waals surface area contributed by atoms with Crippen LogP contribution >= 0.6 is 11.8 Å². The van der Waals surface area contributed by atoms with Gasteiger partial charge in [-0.2, -0.15) is 0 Å². The molecule has 0 aliphatic carbocycles. The topological polar surface area (TPSA) is 62.3 Å². The minimum absolute atomic E-state index is 0.190. The van der Waals surface area contributed by atoms with Crippen LogP contribution in [-0.4, -0.2) is 27.6 Å². The summed E-state index contributed by atoms with van der Waals surface area (Å²) in [5.74, 6) is -0.909. The number of hydrogen-bond donors (Lipinski definition) is 1. The highest BCUT2D eigenvalue weighted by Gasteiger charge is 2.35. The van der Waals surface area contributed by atoms with Gasteiger partial charge in [0.15, 0.2) is 0 Å². The van der Waals surface area contributed by atoms with E-state index in [4.69, 9.17) is 0 Å². The molecular weight excluding hydrogens is 305 g/mol. The molecule has 1 aromatic heterocycles. The van der Waals surface area contributed by atoms with Gasteiger partial charge in [-0.3, -0.25) is 20.0 Å². The Morgan fingerprint density at radius 2 is 2.00 bits per heavy atom. The molecule has 1 aromatic carbocycles. The second-order valence-electron chi connectivity index (χ2n) is 4.63. The number of carbonyl (C=O) groups excluding carboxylic acids is 2. The first-order chi connectivity index (χ1) is 10.7. The molecule has 1 aliphatic heterocycles. The fraction of sp³-hybridized carbons (Fsp3) is 0.133. The summed E-state index contributed by atoms with van der Waals surface area (Å²) in [4.78, 5) is 28.0. The lowest BCUT2D eigenvalue weighted by Crippen LogP contribution is -2.44. The predicted octanol–water partition coefficient (Wildman–Crippen LogP) is 2.14. The molecule has 0 bridgehead atoms. The van der Waals surface area contributed by atoms with Gasteiger partial charge in [0.1, 0.15) is 11.2 Å². The molecule has 1 aliphatic rings. The lowest BCUT2D eigenvalue weighted by Gasteiger charge is -2.24. The van der Waals surface area contributed by atoms with Gasteiger partial charge in [-0.1, -0.05) is 18.2 Å². The van der Waals surface area contributed by atoms with E-state index in [1.54, 1.807) is 30.3 Å². The Labute approximate surface area is 130 Å². The number of aromatic nitrogens is 1. The van der Waals surface area contributed by atoms with Crippen molar-refractivity contribution in [2.45, 2.75) is 5.37 Å². The number of nitrogens with zero attached hydrogens (tertiary/aromatic N) is 2. The molecule has 0 unspecified atom stereocenters. The SMILES string of the molecule is O=C(NN1C(=O)CS[C@@H]1c1ccccc1F)c1ccncc1. The van der Waals surface area contributed by atoms with Gasteiger partial charge in [-0.05, 0) is 18.2 Å². The van der Waals surface area contributed by atoms with Gasteiger partial charge in [0.05, 0.1) is 5.75 Å². The number of nitrogens with one attached hydrogen (secondary N) is 1. The van der Waals surface area contributed by atoms with E-state index >= 15 is 0 Å². The van der Waals surface area contributed by atoms with Crippen LogP contribution in [-0.2, 0) is 4.79 Å². The summed E-state index contributed by atoms with van der Waals surface area (Å²) in [7, 11) is 0. The molecule has 1 saturated heterocycles. The number of hydrazine groups is 1. The van der Waals surface area contributed by atoms with Gasteiger partial charge in [-0.15, -0.1) is 11.8 Å². The first-order valence-corrected chi connectivity index (χ1v) is 7.61. The summed E-state index contributed by atoms with van der Waals surface area (Å²) < 4.78 is 13.9. The molecule has 0 spiro atoms. The zero-order chi connectivity index (χ0) is 15.5. The summed E-state index contributed by atoms with van der Waals surface area (Å²) in [6.07, 6.45) is 2.98. The zero-order valence-corrected chi connectivity index (χ0v) is 12.2. The highest BCUT2D eigenvalue weighted by Crippen LogP contribution is 2.38. The maximum absolute atomic E-state index is 13.9. The van der Waals surface area contributed by atoms with Crippen LogP contribution in [0.4, 0.5) is 4.39 Å². The van der Waals surface area contributed by atoms with Crippen LogP contribution in [0.5, 0.6) is 0 Å². The van der Waals surface area contributed by atoms with Crippen LogP contribution in [0.3, 0.4) is 0 Å². The number of amides is 2. The molecule has 2 heterocycles. The summed E-state index contributed by atoms with van der Waals surface area (Å²) in [6.45, 7) is 0. The first-order valence-electron chi connectivity index (χ1n) is 6.56. The quantitative estimate of drug-likeness (QED) is 0.942. The van der Waals surface area contributed by atoms with Crippen LogP contribution in [0.25, 0.3) is 0 Å². The number of benzene rings is 1. The zero-order valence-electron chi connectivity index (χ0n) is 11.4. The van der Waals surface area contributed by atoms with Gasteiger partial charge in [0.2, 0.25) is 0 Å². The average molecular weight is 317 g/mol. The number of halogens is 1. The van der Waals surface area contributed by atoms with Gasteiger partial charge in [0.25, 0.3) is 11.8 Å². The normalized spacial score (nSPS) is 17.6. The summed E-state index contributed by atoms with van der Waals surface area (Å²) in [5, 5.41) is 0.616. The largest absolute Gasteiger partial charge is 0.272 e. The van der Waals surface area contributed by atoms with Gasteiger partial charge < -0.3 is 0 Å². The highest BCUT2D eigenvalue weighted by atomic mass is 32.2. The molecule has 0 saturated carbocycles. The summed E-state index contributed by atoms with van der Waals surface area (Å²) in [6, 6.07) is 9.31. The molecule has 2 amide bonds. The smallest absolute Gasteiger partial charge is 0.270 e. The Kier molecular flexibility index (Phi) is 4.06. The van der Waals surface area contributed by atoms with E-state index in [0.29, 0.717) is 11.1 Å². The van der Waals surface area contributed by atoms with Crippen molar-refractivity contribution in [1.29, 1.82) is 0 Å². The maximum Gasteiger partial charge on any atom is 0.270 e. The fourth-order valence-corrected chi connectivity index (χ4v) is 3.26. The van der Waals surface area contributed by atoms with Crippen LogP contribution < -0.4 is 5.43 Å². The first kappa shape index (κ1) is 14.5. The third kappa shape index (κ3) is 2.80. The summed E-state index contributed by atoms with van der Waals surface area (Å²) in [5.41, 5.74) is 3.30. The Balaban J connectivity index is 1.83. The van der Waals surface area contributed by atoms with Crippen molar-refractivity contribution in [3.8, 4) is 0 Å². The molecule has 112 valence electrons. The van der Waals surface area contributed by atoms with Gasteiger partial charge in [-0.25, -0.2) is 9.40 Å². The molecule has 1 fully saturated rings. The van der Waals surface area contributed by atoms with Gasteiger partial charge in [0, 0.05) is 23.5 Å². The number of rotatable bonds is 3. The fourth-order valence-electron chi connectivity index (χ4n) is 2.13. The second-order valence-corrected chi connectivity index (χ2v) is 5.69. The minimum Gasteiger partial charge on any atom is -0.272 e. The summed E-state index contributed by atoms with van der Waals surface area (Å²) >= 11 is 1.27. The number of carbonyl (C=O) groups is 2. The average Bonchev–Trinajstić information content (AvgIpc) is 2.90. The van der Waals surface area contributed by atoms with E-state index < -0.39 is 17.1 Å². The predicted molar refractivity (Wildman–Crippen MR) is 80.1 cm³/mol. The van der Waals surface area contributed by atoms with Crippen LogP contribution in [0.15, 0.2) is 48.8 Å². The van der Waals surface area contributed by atoms with Crippen molar-refractivity contribution >= 4 is 23.6 Å². The Hall–Kier alpha value is -2.41. The molecule has 3 rings (SSSR count). The number of thioether (sulfide) groups is 1. The lowest BCUT2D eigenvalue weighted by atomic mass is 10.2. The van der Waals surface area contributed by atoms with E-state index in [1.807, 2.05) is 0 Å². The van der Waals surface area contributed by atoms with E-state index in [-0.39, 0.29) is 11.7 Å². The number of hydrogen-bond acceptors (Lipinski definition) is 4. The van der Waals surface area contributed by atoms with Crippen molar-refractivity contribution in [3.63, 3.8) is 0 Å². The van der Waals surface area contributed by atoms with E-state index in [1.165, 1.54) is 35.2 Å².